The molecule has 0 saturated carbocycles. The van der Waals surface area contributed by atoms with E-state index in [1.165, 1.54) is 0 Å². The van der Waals surface area contributed by atoms with Crippen LogP contribution in [0.3, 0.4) is 0 Å². The van der Waals surface area contributed by atoms with Gasteiger partial charge in [-0.25, -0.2) is 0 Å². The van der Waals surface area contributed by atoms with Crippen molar-refractivity contribution in [3.63, 3.8) is 0 Å². The maximum absolute atomic E-state index is 12.2. The Morgan fingerprint density at radius 3 is 2.53 bits per heavy atom. The van der Waals surface area contributed by atoms with E-state index in [2.05, 4.69) is 10.5 Å². The second-order valence-electron chi connectivity index (χ2n) is 5.16. The molecule has 0 spiro atoms. The summed E-state index contributed by atoms with van der Waals surface area (Å²) in [5.41, 5.74) is 6.64. The van der Waals surface area contributed by atoms with Gasteiger partial charge in [0.2, 0.25) is 5.91 Å². The van der Waals surface area contributed by atoms with E-state index in [4.69, 9.17) is 10.9 Å². The molecule has 1 aromatic rings. The lowest BCUT2D eigenvalue weighted by atomic mass is 9.90. The Bertz CT molecular complexity index is 495. The number of hydrogen-bond acceptors (Lipinski definition) is 3. The molecular formula is C14H21N3O2. The summed E-state index contributed by atoms with van der Waals surface area (Å²) in [6.07, 6.45) is 0. The SMILES string of the molecule is Cc1ccccc1C(C)NC(=O)C(C)(C)C(N)=NO. The Morgan fingerprint density at radius 1 is 1.42 bits per heavy atom. The number of nitrogens with two attached hydrogens (primary N) is 1. The molecule has 104 valence electrons. The van der Waals surface area contributed by atoms with Gasteiger partial charge in [0.15, 0.2) is 5.84 Å². The molecule has 19 heavy (non-hydrogen) atoms. The van der Waals surface area contributed by atoms with Crippen LogP contribution in [0.4, 0.5) is 0 Å². The molecule has 0 saturated heterocycles. The largest absolute Gasteiger partial charge is 0.409 e. The summed E-state index contributed by atoms with van der Waals surface area (Å²) in [6.45, 7) is 7.12. The number of nitrogens with one attached hydrogen (secondary N) is 1. The normalized spacial score (nSPS) is 14.0. The van der Waals surface area contributed by atoms with Gasteiger partial charge >= 0.3 is 0 Å². The number of carbonyl (C=O) groups excluding carboxylic acids is 1. The Morgan fingerprint density at radius 2 is 2.00 bits per heavy atom. The molecule has 0 radical (unpaired) electrons. The number of amides is 1. The molecule has 4 N–H and O–H groups in total. The molecule has 1 aromatic carbocycles. The summed E-state index contributed by atoms with van der Waals surface area (Å²) >= 11 is 0. The van der Waals surface area contributed by atoms with E-state index in [1.54, 1.807) is 13.8 Å². The van der Waals surface area contributed by atoms with Gasteiger partial charge in [0.05, 0.1) is 6.04 Å². The molecule has 0 bridgehead atoms. The Balaban J connectivity index is 2.86. The quantitative estimate of drug-likeness (QED) is 0.336. The lowest BCUT2D eigenvalue weighted by molar-refractivity contribution is -0.127. The molecule has 5 nitrogen and oxygen atoms in total. The number of rotatable bonds is 4. The van der Waals surface area contributed by atoms with E-state index in [9.17, 15) is 4.79 Å². The van der Waals surface area contributed by atoms with Crippen LogP contribution in [0.1, 0.15) is 37.9 Å². The van der Waals surface area contributed by atoms with E-state index >= 15 is 0 Å². The van der Waals surface area contributed by atoms with Gasteiger partial charge in [-0.1, -0.05) is 29.4 Å². The van der Waals surface area contributed by atoms with E-state index in [1.807, 2.05) is 38.1 Å². The fourth-order valence-electron chi connectivity index (χ4n) is 1.77. The first-order chi connectivity index (χ1) is 8.80. The van der Waals surface area contributed by atoms with Gasteiger partial charge in [0, 0.05) is 0 Å². The number of amidine groups is 1. The van der Waals surface area contributed by atoms with Gasteiger partial charge in [-0.2, -0.15) is 0 Å². The average molecular weight is 263 g/mol. The third-order valence-electron chi connectivity index (χ3n) is 3.32. The van der Waals surface area contributed by atoms with Crippen molar-refractivity contribution in [2.75, 3.05) is 0 Å². The summed E-state index contributed by atoms with van der Waals surface area (Å²) in [5, 5.41) is 14.5. The molecule has 0 aliphatic carbocycles. The molecule has 0 aliphatic rings. The number of carbonyl (C=O) groups is 1. The zero-order chi connectivity index (χ0) is 14.6. The van der Waals surface area contributed by atoms with Crippen molar-refractivity contribution in [2.45, 2.75) is 33.7 Å². The van der Waals surface area contributed by atoms with Crippen LogP contribution in [0.5, 0.6) is 0 Å². The maximum atomic E-state index is 12.2. The second-order valence-corrected chi connectivity index (χ2v) is 5.16. The third-order valence-corrected chi connectivity index (χ3v) is 3.32. The molecule has 0 fully saturated rings. The Labute approximate surface area is 113 Å². The van der Waals surface area contributed by atoms with Crippen LogP contribution in [0.25, 0.3) is 0 Å². The molecule has 0 heterocycles. The molecule has 1 atom stereocenters. The highest BCUT2D eigenvalue weighted by Crippen LogP contribution is 2.21. The molecule has 1 unspecified atom stereocenters. The van der Waals surface area contributed by atoms with Crippen LogP contribution in [-0.2, 0) is 4.79 Å². The summed E-state index contributed by atoms with van der Waals surface area (Å²) in [6, 6.07) is 7.70. The second kappa shape index (κ2) is 5.73. The zero-order valence-corrected chi connectivity index (χ0v) is 11.8. The maximum Gasteiger partial charge on any atom is 0.233 e. The summed E-state index contributed by atoms with van der Waals surface area (Å²) < 4.78 is 0. The van der Waals surface area contributed by atoms with Crippen LogP contribution >= 0.6 is 0 Å². The highest BCUT2D eigenvalue weighted by atomic mass is 16.4. The highest BCUT2D eigenvalue weighted by Gasteiger charge is 2.33. The van der Waals surface area contributed by atoms with Gasteiger partial charge < -0.3 is 16.3 Å². The molecule has 1 amide bonds. The number of benzene rings is 1. The van der Waals surface area contributed by atoms with E-state index in [0.29, 0.717) is 0 Å². The summed E-state index contributed by atoms with van der Waals surface area (Å²) in [7, 11) is 0. The number of hydrogen-bond donors (Lipinski definition) is 3. The fourth-order valence-corrected chi connectivity index (χ4v) is 1.77. The Hall–Kier alpha value is -2.04. The molecular weight excluding hydrogens is 242 g/mol. The van der Waals surface area contributed by atoms with E-state index < -0.39 is 5.41 Å². The summed E-state index contributed by atoms with van der Waals surface area (Å²) in [4.78, 5) is 12.2. The summed E-state index contributed by atoms with van der Waals surface area (Å²) in [5.74, 6) is -0.388. The monoisotopic (exact) mass is 263 g/mol. The van der Waals surface area contributed by atoms with Gasteiger partial charge in [-0.3, -0.25) is 4.79 Å². The van der Waals surface area contributed by atoms with Gasteiger partial charge in [0.25, 0.3) is 0 Å². The van der Waals surface area contributed by atoms with E-state index in [0.717, 1.165) is 11.1 Å². The van der Waals surface area contributed by atoms with Crippen molar-refractivity contribution in [3.05, 3.63) is 35.4 Å². The van der Waals surface area contributed by atoms with Crippen LogP contribution in [0.15, 0.2) is 29.4 Å². The molecule has 0 aliphatic heterocycles. The van der Waals surface area contributed by atoms with Crippen LogP contribution < -0.4 is 11.1 Å². The first kappa shape index (κ1) is 15.0. The Kier molecular flexibility index (Phi) is 4.53. The van der Waals surface area contributed by atoms with Crippen LogP contribution in [-0.4, -0.2) is 17.0 Å². The standard InChI is InChI=1S/C14H21N3O2/c1-9-7-5-6-8-11(9)10(2)16-13(18)14(3,4)12(15)17-19/h5-8,10,19H,1-4H3,(H2,15,17)(H,16,18). The fraction of sp³-hybridized carbons (Fsp3) is 0.429. The zero-order valence-electron chi connectivity index (χ0n) is 11.8. The predicted octanol–water partition coefficient (Wildman–Crippen LogP) is 1.94. The van der Waals surface area contributed by atoms with E-state index in [-0.39, 0.29) is 17.8 Å². The minimum atomic E-state index is -1.05. The van der Waals surface area contributed by atoms with Gasteiger partial charge in [-0.15, -0.1) is 0 Å². The topological polar surface area (TPSA) is 87.7 Å². The highest BCUT2D eigenvalue weighted by molar-refractivity contribution is 6.05. The predicted molar refractivity (Wildman–Crippen MR) is 74.9 cm³/mol. The van der Waals surface area contributed by atoms with Crippen molar-refractivity contribution in [1.82, 2.24) is 5.32 Å². The molecule has 5 heteroatoms. The van der Waals surface area contributed by atoms with Gasteiger partial charge in [-0.05, 0) is 38.8 Å². The lowest BCUT2D eigenvalue weighted by Crippen LogP contribution is -2.46. The van der Waals surface area contributed by atoms with Crippen LogP contribution in [0.2, 0.25) is 0 Å². The number of aryl methyl sites for hydroxylation is 1. The average Bonchev–Trinajstić information content (AvgIpc) is 2.37. The third kappa shape index (κ3) is 3.24. The molecule has 1 rings (SSSR count). The smallest absolute Gasteiger partial charge is 0.233 e. The number of oxime groups is 1. The van der Waals surface area contributed by atoms with Crippen molar-refractivity contribution < 1.29 is 10.0 Å². The van der Waals surface area contributed by atoms with Crippen LogP contribution in [0, 0.1) is 12.3 Å². The van der Waals surface area contributed by atoms with Crippen molar-refractivity contribution in [2.24, 2.45) is 16.3 Å². The van der Waals surface area contributed by atoms with Crippen molar-refractivity contribution >= 4 is 11.7 Å². The lowest BCUT2D eigenvalue weighted by Gasteiger charge is -2.25. The minimum Gasteiger partial charge on any atom is -0.409 e. The van der Waals surface area contributed by atoms with Crippen molar-refractivity contribution in [1.29, 1.82) is 0 Å². The first-order valence-corrected chi connectivity index (χ1v) is 6.15. The minimum absolute atomic E-state index is 0.109. The first-order valence-electron chi connectivity index (χ1n) is 6.15. The number of nitrogens with zero attached hydrogens (tertiary/aromatic N) is 1. The van der Waals surface area contributed by atoms with Crippen molar-refractivity contribution in [3.8, 4) is 0 Å². The molecule has 0 aromatic heterocycles. The van der Waals surface area contributed by atoms with Gasteiger partial charge in [0.1, 0.15) is 5.41 Å².